The minimum Gasteiger partial charge on any atom is -0.459 e. The molecule has 1 aromatic heterocycles. The van der Waals surface area contributed by atoms with E-state index in [2.05, 4.69) is 36.0 Å². The molecular formula is C17H25N3O. The van der Waals surface area contributed by atoms with E-state index in [-0.39, 0.29) is 6.04 Å². The van der Waals surface area contributed by atoms with Gasteiger partial charge in [-0.05, 0) is 52.2 Å². The summed E-state index contributed by atoms with van der Waals surface area (Å²) in [5.41, 5.74) is 7.26. The second kappa shape index (κ2) is 6.18. The SMILES string of the molecule is CN(C)C1CCN(CC(N)c2cc3ccccc3o2)CC1. The van der Waals surface area contributed by atoms with Crippen molar-refractivity contribution in [3.63, 3.8) is 0 Å². The van der Waals surface area contributed by atoms with E-state index < -0.39 is 0 Å². The van der Waals surface area contributed by atoms with E-state index in [1.54, 1.807) is 0 Å². The van der Waals surface area contributed by atoms with Gasteiger partial charge in [-0.2, -0.15) is 0 Å². The molecule has 1 atom stereocenters. The van der Waals surface area contributed by atoms with Crippen LogP contribution in [0.25, 0.3) is 11.0 Å². The molecule has 0 aliphatic carbocycles. The van der Waals surface area contributed by atoms with Gasteiger partial charge in [0.2, 0.25) is 0 Å². The van der Waals surface area contributed by atoms with E-state index in [0.29, 0.717) is 6.04 Å². The summed E-state index contributed by atoms with van der Waals surface area (Å²) >= 11 is 0. The summed E-state index contributed by atoms with van der Waals surface area (Å²) in [6, 6.07) is 10.8. The second-order valence-corrected chi connectivity index (χ2v) is 6.29. The van der Waals surface area contributed by atoms with E-state index in [9.17, 15) is 0 Å². The van der Waals surface area contributed by atoms with Gasteiger partial charge in [0.15, 0.2) is 0 Å². The molecule has 0 spiro atoms. The molecule has 4 nitrogen and oxygen atoms in total. The Kier molecular flexibility index (Phi) is 4.29. The largest absolute Gasteiger partial charge is 0.459 e. The lowest BCUT2D eigenvalue weighted by atomic mass is 10.0. The first-order chi connectivity index (χ1) is 10.1. The summed E-state index contributed by atoms with van der Waals surface area (Å²) in [5, 5.41) is 1.13. The zero-order valence-corrected chi connectivity index (χ0v) is 13.0. The first-order valence-electron chi connectivity index (χ1n) is 7.76. The van der Waals surface area contributed by atoms with Crippen LogP contribution in [0.1, 0.15) is 24.6 Å². The van der Waals surface area contributed by atoms with Crippen molar-refractivity contribution >= 4 is 11.0 Å². The van der Waals surface area contributed by atoms with Crippen LogP contribution in [0.2, 0.25) is 0 Å². The number of rotatable bonds is 4. The van der Waals surface area contributed by atoms with E-state index >= 15 is 0 Å². The molecule has 1 aliphatic heterocycles. The summed E-state index contributed by atoms with van der Waals surface area (Å²) in [5.74, 6) is 0.894. The molecule has 4 heteroatoms. The van der Waals surface area contributed by atoms with Crippen LogP contribution in [0.4, 0.5) is 0 Å². The van der Waals surface area contributed by atoms with Gasteiger partial charge >= 0.3 is 0 Å². The molecule has 0 amide bonds. The van der Waals surface area contributed by atoms with Gasteiger partial charge in [-0.3, -0.25) is 0 Å². The number of nitrogens with two attached hydrogens (primary N) is 1. The number of piperidine rings is 1. The lowest BCUT2D eigenvalue weighted by Crippen LogP contribution is -2.44. The molecule has 1 aliphatic rings. The predicted octanol–water partition coefficient (Wildman–Crippen LogP) is 2.46. The number of likely N-dealkylation sites (tertiary alicyclic amines) is 1. The Balaban J connectivity index is 1.60. The molecule has 114 valence electrons. The van der Waals surface area contributed by atoms with Crippen LogP contribution in [0.5, 0.6) is 0 Å². The predicted molar refractivity (Wildman–Crippen MR) is 86.3 cm³/mol. The normalized spacial score (nSPS) is 19.4. The highest BCUT2D eigenvalue weighted by Gasteiger charge is 2.23. The number of hydrogen-bond donors (Lipinski definition) is 1. The van der Waals surface area contributed by atoms with Crippen LogP contribution < -0.4 is 5.73 Å². The molecule has 0 bridgehead atoms. The Labute approximate surface area is 126 Å². The Bertz CT molecular complexity index is 551. The molecule has 1 aromatic carbocycles. The molecule has 2 heterocycles. The third-order valence-corrected chi connectivity index (χ3v) is 4.55. The summed E-state index contributed by atoms with van der Waals surface area (Å²) in [6.07, 6.45) is 2.44. The third kappa shape index (κ3) is 3.28. The standard InChI is InChI=1S/C17H25N3O/c1-19(2)14-7-9-20(10-8-14)12-15(18)17-11-13-5-3-4-6-16(13)21-17/h3-6,11,14-15H,7-10,12,18H2,1-2H3. The zero-order chi connectivity index (χ0) is 14.8. The van der Waals surface area contributed by atoms with E-state index in [4.69, 9.17) is 10.2 Å². The van der Waals surface area contributed by atoms with Crippen molar-refractivity contribution in [3.05, 3.63) is 36.1 Å². The van der Waals surface area contributed by atoms with Gasteiger partial charge in [0, 0.05) is 18.0 Å². The number of fused-ring (bicyclic) bond motifs is 1. The van der Waals surface area contributed by atoms with Crippen LogP contribution in [0, 0.1) is 0 Å². The molecule has 0 saturated carbocycles. The fraction of sp³-hybridized carbons (Fsp3) is 0.529. The maximum absolute atomic E-state index is 6.34. The summed E-state index contributed by atoms with van der Waals surface area (Å²) in [7, 11) is 4.33. The molecule has 2 N–H and O–H groups in total. The topological polar surface area (TPSA) is 45.6 Å². The zero-order valence-electron chi connectivity index (χ0n) is 13.0. The van der Waals surface area contributed by atoms with Gasteiger partial charge in [0.05, 0.1) is 6.04 Å². The number of benzene rings is 1. The van der Waals surface area contributed by atoms with Gasteiger partial charge < -0.3 is 20.0 Å². The van der Waals surface area contributed by atoms with Crippen molar-refractivity contribution in [2.75, 3.05) is 33.7 Å². The fourth-order valence-electron chi connectivity index (χ4n) is 3.17. The monoisotopic (exact) mass is 287 g/mol. The molecular weight excluding hydrogens is 262 g/mol. The smallest absolute Gasteiger partial charge is 0.134 e. The van der Waals surface area contributed by atoms with E-state index in [1.807, 2.05) is 18.2 Å². The van der Waals surface area contributed by atoms with Crippen LogP contribution in [0.15, 0.2) is 34.7 Å². The molecule has 3 rings (SSSR count). The first-order valence-corrected chi connectivity index (χ1v) is 7.76. The minimum atomic E-state index is -0.0479. The number of para-hydroxylation sites is 1. The maximum atomic E-state index is 6.34. The Morgan fingerprint density at radius 1 is 1.29 bits per heavy atom. The lowest BCUT2D eigenvalue weighted by molar-refractivity contribution is 0.137. The van der Waals surface area contributed by atoms with Crippen molar-refractivity contribution in [1.82, 2.24) is 9.80 Å². The van der Waals surface area contributed by atoms with Crippen molar-refractivity contribution in [2.45, 2.75) is 24.9 Å². The van der Waals surface area contributed by atoms with Gasteiger partial charge in [-0.25, -0.2) is 0 Å². The summed E-state index contributed by atoms with van der Waals surface area (Å²) in [4.78, 5) is 4.79. The number of hydrogen-bond acceptors (Lipinski definition) is 4. The van der Waals surface area contributed by atoms with Crippen LogP contribution in [-0.4, -0.2) is 49.6 Å². The van der Waals surface area contributed by atoms with Gasteiger partial charge in [0.1, 0.15) is 11.3 Å². The van der Waals surface area contributed by atoms with Crippen LogP contribution >= 0.6 is 0 Å². The molecule has 1 saturated heterocycles. The summed E-state index contributed by atoms with van der Waals surface area (Å²) < 4.78 is 5.87. The quantitative estimate of drug-likeness (QED) is 0.938. The Morgan fingerprint density at radius 2 is 2.00 bits per heavy atom. The number of furan rings is 1. The highest BCUT2D eigenvalue weighted by molar-refractivity contribution is 5.77. The second-order valence-electron chi connectivity index (χ2n) is 6.29. The fourth-order valence-corrected chi connectivity index (χ4v) is 3.17. The van der Waals surface area contributed by atoms with Crippen molar-refractivity contribution in [2.24, 2.45) is 5.73 Å². The molecule has 0 radical (unpaired) electrons. The molecule has 1 fully saturated rings. The highest BCUT2D eigenvalue weighted by atomic mass is 16.3. The maximum Gasteiger partial charge on any atom is 0.134 e. The summed E-state index contributed by atoms with van der Waals surface area (Å²) in [6.45, 7) is 3.12. The highest BCUT2D eigenvalue weighted by Crippen LogP contribution is 2.24. The molecule has 1 unspecified atom stereocenters. The molecule has 21 heavy (non-hydrogen) atoms. The third-order valence-electron chi connectivity index (χ3n) is 4.55. The van der Waals surface area contributed by atoms with Crippen molar-refractivity contribution < 1.29 is 4.42 Å². The Hall–Kier alpha value is -1.36. The average molecular weight is 287 g/mol. The van der Waals surface area contributed by atoms with Crippen LogP contribution in [-0.2, 0) is 0 Å². The lowest BCUT2D eigenvalue weighted by Gasteiger charge is -2.35. The first kappa shape index (κ1) is 14.6. The van der Waals surface area contributed by atoms with Gasteiger partial charge in [-0.1, -0.05) is 18.2 Å². The average Bonchev–Trinajstić information content (AvgIpc) is 2.92. The minimum absolute atomic E-state index is 0.0479. The van der Waals surface area contributed by atoms with Gasteiger partial charge in [-0.15, -0.1) is 0 Å². The Morgan fingerprint density at radius 3 is 2.67 bits per heavy atom. The number of nitrogens with zero attached hydrogens (tertiary/aromatic N) is 2. The van der Waals surface area contributed by atoms with Crippen LogP contribution in [0.3, 0.4) is 0 Å². The molecule has 2 aromatic rings. The van der Waals surface area contributed by atoms with Gasteiger partial charge in [0.25, 0.3) is 0 Å². The van der Waals surface area contributed by atoms with Crippen molar-refractivity contribution in [1.29, 1.82) is 0 Å². The van der Waals surface area contributed by atoms with Crippen molar-refractivity contribution in [3.8, 4) is 0 Å². The van der Waals surface area contributed by atoms with E-state index in [0.717, 1.165) is 36.4 Å². The van der Waals surface area contributed by atoms with E-state index in [1.165, 1.54) is 12.8 Å².